The van der Waals surface area contributed by atoms with Gasteiger partial charge in [0.2, 0.25) is 0 Å². The van der Waals surface area contributed by atoms with Crippen molar-refractivity contribution in [3.63, 3.8) is 0 Å². The van der Waals surface area contributed by atoms with Crippen LogP contribution in [0, 0.1) is 0 Å². The van der Waals surface area contributed by atoms with Crippen LogP contribution in [0.25, 0.3) is 0 Å². The quantitative estimate of drug-likeness (QED) is 0.903. The maximum atomic E-state index is 12.0. The summed E-state index contributed by atoms with van der Waals surface area (Å²) < 4.78 is 24.0. The molecule has 4 nitrogen and oxygen atoms in total. The third-order valence-corrected chi connectivity index (χ3v) is 6.35. The highest BCUT2D eigenvalue weighted by molar-refractivity contribution is 7.91. The second-order valence-electron chi connectivity index (χ2n) is 6.27. The summed E-state index contributed by atoms with van der Waals surface area (Å²) in [5, 5.41) is 10.3. The zero-order chi connectivity index (χ0) is 17.2. The number of aliphatic hydroxyl groups excluding tert-OH is 1. The largest absolute Gasteiger partial charge is 0.390 e. The first-order valence-electron chi connectivity index (χ1n) is 8.26. The molecule has 1 heterocycles. The van der Waals surface area contributed by atoms with E-state index in [1.807, 2.05) is 43.3 Å². The van der Waals surface area contributed by atoms with Crippen molar-refractivity contribution in [2.24, 2.45) is 0 Å². The minimum absolute atomic E-state index is 0.0121. The first-order chi connectivity index (χ1) is 11.5. The Balaban J connectivity index is 2.04. The van der Waals surface area contributed by atoms with Crippen LogP contribution >= 0.6 is 0 Å². The maximum absolute atomic E-state index is 12.0. The summed E-state index contributed by atoms with van der Waals surface area (Å²) in [6.07, 6.45) is -0.843. The van der Waals surface area contributed by atoms with E-state index in [-0.39, 0.29) is 23.6 Å². The van der Waals surface area contributed by atoms with Gasteiger partial charge < -0.3 is 5.11 Å². The van der Waals surface area contributed by atoms with Gasteiger partial charge in [0.1, 0.15) is 0 Å². The molecule has 2 atom stereocenters. The summed E-state index contributed by atoms with van der Waals surface area (Å²) in [5.41, 5.74) is 2.20. The maximum Gasteiger partial charge on any atom is 0.154 e. The number of sulfone groups is 1. The van der Waals surface area contributed by atoms with Gasteiger partial charge >= 0.3 is 0 Å². The predicted octanol–water partition coefficient (Wildman–Crippen LogP) is 2.26. The molecule has 0 radical (unpaired) electrons. The van der Waals surface area contributed by atoms with E-state index in [4.69, 9.17) is 0 Å². The molecule has 0 saturated carbocycles. The lowest BCUT2D eigenvalue weighted by Gasteiger charge is -2.37. The van der Waals surface area contributed by atoms with Gasteiger partial charge in [-0.3, -0.25) is 4.90 Å². The lowest BCUT2D eigenvalue weighted by Crippen LogP contribution is -2.45. The molecule has 2 aromatic rings. The molecule has 1 saturated heterocycles. The van der Waals surface area contributed by atoms with E-state index in [0.717, 1.165) is 11.1 Å². The normalized spacial score (nSPS) is 23.0. The van der Waals surface area contributed by atoms with E-state index < -0.39 is 15.9 Å². The van der Waals surface area contributed by atoms with E-state index in [9.17, 15) is 13.5 Å². The average Bonchev–Trinajstić information content (AvgIpc) is 2.86. The number of aliphatic hydroxyl groups is 1. The van der Waals surface area contributed by atoms with Crippen LogP contribution in [0.5, 0.6) is 0 Å². The Kier molecular flexibility index (Phi) is 5.04. The first-order valence-corrected chi connectivity index (χ1v) is 10.1. The molecule has 1 aliphatic heterocycles. The van der Waals surface area contributed by atoms with Gasteiger partial charge in [-0.25, -0.2) is 8.42 Å². The summed E-state index contributed by atoms with van der Waals surface area (Å²) in [5.74, 6) is -0.136. The Morgan fingerprint density at radius 2 is 1.50 bits per heavy atom. The first kappa shape index (κ1) is 17.1. The van der Waals surface area contributed by atoms with Crippen LogP contribution in [-0.2, 0) is 9.84 Å². The lowest BCUT2D eigenvalue weighted by molar-refractivity contribution is 0.0678. The minimum Gasteiger partial charge on any atom is -0.390 e. The fraction of sp³-hybridized carbons (Fsp3) is 0.368. The van der Waals surface area contributed by atoms with Gasteiger partial charge in [-0.1, -0.05) is 67.6 Å². The Morgan fingerprint density at radius 3 is 1.88 bits per heavy atom. The highest BCUT2D eigenvalue weighted by Gasteiger charge is 2.42. The Hall–Kier alpha value is -1.69. The van der Waals surface area contributed by atoms with E-state index in [2.05, 4.69) is 29.2 Å². The summed E-state index contributed by atoms with van der Waals surface area (Å²) in [7, 11) is -3.19. The molecule has 24 heavy (non-hydrogen) atoms. The molecular weight excluding hydrogens is 322 g/mol. The molecular formula is C19H23NO3S. The van der Waals surface area contributed by atoms with Gasteiger partial charge in [0.05, 0.1) is 29.7 Å². The van der Waals surface area contributed by atoms with E-state index in [1.165, 1.54) is 0 Å². The highest BCUT2D eigenvalue weighted by Crippen LogP contribution is 2.33. The monoisotopic (exact) mass is 345 g/mol. The van der Waals surface area contributed by atoms with Crippen LogP contribution in [0.1, 0.15) is 24.1 Å². The zero-order valence-corrected chi connectivity index (χ0v) is 14.6. The van der Waals surface area contributed by atoms with Gasteiger partial charge in [0, 0.05) is 0 Å². The van der Waals surface area contributed by atoms with Crippen molar-refractivity contribution < 1.29 is 13.5 Å². The highest BCUT2D eigenvalue weighted by atomic mass is 32.2. The zero-order valence-electron chi connectivity index (χ0n) is 13.7. The second-order valence-corrected chi connectivity index (χ2v) is 8.42. The van der Waals surface area contributed by atoms with Crippen molar-refractivity contribution in [2.75, 3.05) is 18.1 Å². The summed E-state index contributed by atoms with van der Waals surface area (Å²) in [6, 6.07) is 19.6. The van der Waals surface area contributed by atoms with Crippen LogP contribution in [0.15, 0.2) is 60.7 Å². The van der Waals surface area contributed by atoms with E-state index in [1.54, 1.807) is 0 Å². The van der Waals surface area contributed by atoms with Crippen molar-refractivity contribution >= 4 is 9.84 Å². The molecule has 3 rings (SSSR count). The topological polar surface area (TPSA) is 57.6 Å². The van der Waals surface area contributed by atoms with Gasteiger partial charge in [-0.2, -0.15) is 0 Å². The van der Waals surface area contributed by atoms with Crippen LogP contribution in [0.2, 0.25) is 0 Å². The third-order valence-electron chi connectivity index (χ3n) is 4.65. The van der Waals surface area contributed by atoms with Crippen molar-refractivity contribution in [1.82, 2.24) is 4.90 Å². The molecule has 0 aromatic heterocycles. The third kappa shape index (κ3) is 3.53. The van der Waals surface area contributed by atoms with Gasteiger partial charge in [-0.05, 0) is 17.7 Å². The Morgan fingerprint density at radius 1 is 1.00 bits per heavy atom. The van der Waals surface area contributed by atoms with E-state index >= 15 is 0 Å². The average molecular weight is 345 g/mol. The molecule has 0 bridgehead atoms. The fourth-order valence-electron chi connectivity index (χ4n) is 3.58. The van der Waals surface area contributed by atoms with Crippen molar-refractivity contribution in [1.29, 1.82) is 0 Å². The van der Waals surface area contributed by atoms with E-state index in [0.29, 0.717) is 6.54 Å². The summed E-state index contributed by atoms with van der Waals surface area (Å²) in [4.78, 5) is 2.11. The van der Waals surface area contributed by atoms with Gasteiger partial charge in [0.25, 0.3) is 0 Å². The number of hydrogen-bond acceptors (Lipinski definition) is 4. The summed E-state index contributed by atoms with van der Waals surface area (Å²) >= 11 is 0. The van der Waals surface area contributed by atoms with Crippen LogP contribution in [0.4, 0.5) is 0 Å². The predicted molar refractivity (Wildman–Crippen MR) is 95.6 cm³/mol. The van der Waals surface area contributed by atoms with Crippen molar-refractivity contribution in [3.8, 4) is 0 Å². The van der Waals surface area contributed by atoms with Crippen LogP contribution in [0.3, 0.4) is 0 Å². The number of hydrogen-bond donors (Lipinski definition) is 1. The molecule has 0 aliphatic carbocycles. The molecule has 1 fully saturated rings. The number of benzene rings is 2. The molecule has 0 amide bonds. The van der Waals surface area contributed by atoms with Crippen LogP contribution in [-0.4, -0.2) is 48.6 Å². The Bertz CT molecular complexity index is 722. The standard InChI is InChI=1S/C19H23NO3S/c1-2-20(17-13-24(22,23)14-18(17)21)19(15-9-5-3-6-10-15)16-11-7-4-8-12-16/h3-12,17-19,21H,2,13-14H2,1H3/t17-,18+/m0/s1. The molecule has 1 N–H and O–H groups in total. The molecule has 0 spiro atoms. The molecule has 2 aromatic carbocycles. The number of likely N-dealkylation sites (N-methyl/N-ethyl adjacent to an activating group) is 1. The van der Waals surface area contributed by atoms with Crippen molar-refractivity contribution in [3.05, 3.63) is 71.8 Å². The molecule has 1 aliphatic rings. The Labute approximate surface area is 143 Å². The smallest absolute Gasteiger partial charge is 0.154 e. The number of rotatable bonds is 5. The lowest BCUT2D eigenvalue weighted by atomic mass is 9.95. The fourth-order valence-corrected chi connectivity index (χ4v) is 5.39. The molecule has 5 heteroatoms. The van der Waals surface area contributed by atoms with Crippen molar-refractivity contribution in [2.45, 2.75) is 25.1 Å². The number of nitrogens with zero attached hydrogens (tertiary/aromatic N) is 1. The van der Waals surface area contributed by atoms with Crippen LogP contribution < -0.4 is 0 Å². The minimum atomic E-state index is -3.19. The second kappa shape index (κ2) is 7.05. The van der Waals surface area contributed by atoms with Gasteiger partial charge in [-0.15, -0.1) is 0 Å². The summed E-state index contributed by atoms with van der Waals surface area (Å²) in [6.45, 7) is 2.67. The molecule has 0 unspecified atom stereocenters. The molecule has 128 valence electrons. The SMILES string of the molecule is CCN(C(c1ccccc1)c1ccccc1)[C@H]1CS(=O)(=O)C[C@H]1O. The van der Waals surface area contributed by atoms with Gasteiger partial charge in [0.15, 0.2) is 9.84 Å².